The van der Waals surface area contributed by atoms with Crippen LogP contribution in [0, 0.1) is 27.4 Å². The molecule has 4 atom stereocenters. The quantitative estimate of drug-likeness (QED) is 0.547. The Morgan fingerprint density at radius 3 is 2.85 bits per heavy atom. The molecule has 1 fully saturated rings. The van der Waals surface area contributed by atoms with Gasteiger partial charge in [-0.2, -0.15) is 5.26 Å². The number of allylic oxidation sites excluding steroid dienone is 1. The molecule has 4 heterocycles. The van der Waals surface area contributed by atoms with Crippen LogP contribution in [0.2, 0.25) is 0 Å². The summed E-state index contributed by atoms with van der Waals surface area (Å²) < 4.78 is 5.68. The van der Waals surface area contributed by atoms with Crippen molar-refractivity contribution in [2.24, 2.45) is 11.7 Å². The molecule has 0 aromatic carbocycles. The summed E-state index contributed by atoms with van der Waals surface area (Å²) in [5.41, 5.74) is 13.2. The Kier molecular flexibility index (Phi) is 4.04. The van der Waals surface area contributed by atoms with Crippen molar-refractivity contribution in [3.05, 3.63) is 68.7 Å². The van der Waals surface area contributed by atoms with E-state index in [-0.39, 0.29) is 28.4 Å². The minimum atomic E-state index is -0.481. The number of nitrogens with one attached hydrogen (secondary N) is 2. The number of hydrogen-bond donors (Lipinski definition) is 3. The Hall–Kier alpha value is -3.00. The summed E-state index contributed by atoms with van der Waals surface area (Å²) in [6.45, 7) is 0. The maximum atomic E-state index is 11.1. The molecule has 2 aliphatic heterocycles. The molecule has 26 heavy (non-hydrogen) atoms. The lowest BCUT2D eigenvalue weighted by Crippen LogP contribution is -2.40. The zero-order valence-corrected chi connectivity index (χ0v) is 14.1. The van der Waals surface area contributed by atoms with Gasteiger partial charge in [0.25, 0.3) is 0 Å². The van der Waals surface area contributed by atoms with Gasteiger partial charge in [0.2, 0.25) is 5.88 Å². The molecule has 0 radical (unpaired) electrons. The maximum absolute atomic E-state index is 11.1. The molecule has 1 saturated heterocycles. The highest BCUT2D eigenvalue weighted by atomic mass is 32.1. The number of nitro groups is 1. The highest BCUT2D eigenvalue weighted by molar-refractivity contribution is 7.15. The number of nitrogens with zero attached hydrogens (tertiary/aromatic N) is 3. The summed E-state index contributed by atoms with van der Waals surface area (Å²) >= 11 is 1.04. The summed E-state index contributed by atoms with van der Waals surface area (Å²) in [5.74, 6) is -0.650. The highest BCUT2D eigenvalue weighted by Crippen LogP contribution is 2.49. The first-order valence-electron chi connectivity index (χ1n) is 7.82. The molecule has 0 amide bonds. The zero-order chi connectivity index (χ0) is 18.3. The number of nitriles is 1. The van der Waals surface area contributed by atoms with Crippen molar-refractivity contribution in [3.8, 4) is 6.07 Å². The van der Waals surface area contributed by atoms with Crippen molar-refractivity contribution in [3.63, 3.8) is 0 Å². The first kappa shape index (κ1) is 16.5. The average molecular weight is 370 g/mol. The molecule has 10 heteroatoms. The van der Waals surface area contributed by atoms with Gasteiger partial charge in [-0.15, -0.1) is 0 Å². The number of pyridine rings is 1. The molecular formula is C16H14N6O3S. The van der Waals surface area contributed by atoms with Gasteiger partial charge in [-0.3, -0.25) is 15.1 Å². The molecule has 4 unspecified atom stereocenters. The van der Waals surface area contributed by atoms with Gasteiger partial charge in [0.1, 0.15) is 6.07 Å². The fourth-order valence-electron chi connectivity index (χ4n) is 3.46. The summed E-state index contributed by atoms with van der Waals surface area (Å²) in [4.78, 5) is 15.7. The van der Waals surface area contributed by atoms with Crippen molar-refractivity contribution >= 4 is 16.3 Å². The minimum absolute atomic E-state index is 0.0206. The van der Waals surface area contributed by atoms with Crippen LogP contribution >= 0.6 is 11.3 Å². The van der Waals surface area contributed by atoms with E-state index in [4.69, 9.17) is 10.5 Å². The van der Waals surface area contributed by atoms with E-state index < -0.39 is 17.1 Å². The van der Waals surface area contributed by atoms with E-state index in [1.165, 1.54) is 6.07 Å². The van der Waals surface area contributed by atoms with E-state index in [2.05, 4.69) is 21.9 Å². The lowest BCUT2D eigenvalue weighted by Gasteiger charge is -2.34. The second-order valence-corrected chi connectivity index (χ2v) is 7.03. The van der Waals surface area contributed by atoms with Gasteiger partial charge < -0.3 is 10.5 Å². The fraction of sp³-hybridized carbons (Fsp3) is 0.250. The van der Waals surface area contributed by atoms with E-state index in [1.54, 1.807) is 12.3 Å². The Bertz CT molecular complexity index is 922. The van der Waals surface area contributed by atoms with Gasteiger partial charge in [-0.25, -0.2) is 10.9 Å². The van der Waals surface area contributed by atoms with Gasteiger partial charge in [0.15, 0.2) is 6.23 Å². The minimum Gasteiger partial charge on any atom is -0.458 e. The third-order valence-electron chi connectivity index (χ3n) is 4.56. The number of aromatic nitrogens is 1. The van der Waals surface area contributed by atoms with Crippen molar-refractivity contribution in [2.75, 3.05) is 0 Å². The Labute approximate surface area is 152 Å². The van der Waals surface area contributed by atoms with Crippen LogP contribution in [0.3, 0.4) is 0 Å². The van der Waals surface area contributed by atoms with Gasteiger partial charge in [0.05, 0.1) is 22.2 Å². The number of ether oxygens (including phenoxy) is 1. The Balaban J connectivity index is 1.81. The van der Waals surface area contributed by atoms with Crippen molar-refractivity contribution in [1.29, 1.82) is 5.26 Å². The zero-order valence-electron chi connectivity index (χ0n) is 13.3. The average Bonchev–Trinajstić information content (AvgIpc) is 3.28. The van der Waals surface area contributed by atoms with Crippen LogP contribution in [0.15, 0.2) is 48.0 Å². The molecule has 0 spiro atoms. The number of fused-ring (bicyclic) bond motifs is 1. The number of nitrogens with two attached hydrogens (primary N) is 1. The van der Waals surface area contributed by atoms with Gasteiger partial charge in [0, 0.05) is 29.0 Å². The van der Waals surface area contributed by atoms with Crippen molar-refractivity contribution in [2.45, 2.75) is 18.2 Å². The van der Waals surface area contributed by atoms with Gasteiger partial charge in [-0.1, -0.05) is 17.4 Å². The smallest absolute Gasteiger partial charge is 0.324 e. The van der Waals surface area contributed by atoms with Gasteiger partial charge >= 0.3 is 5.00 Å². The van der Waals surface area contributed by atoms with Crippen LogP contribution in [0.4, 0.5) is 5.00 Å². The molecular weight excluding hydrogens is 356 g/mol. The van der Waals surface area contributed by atoms with Crippen LogP contribution in [0.1, 0.15) is 22.5 Å². The van der Waals surface area contributed by atoms with E-state index in [0.717, 1.165) is 17.0 Å². The van der Waals surface area contributed by atoms with Crippen LogP contribution in [0.5, 0.6) is 0 Å². The number of hydrazine groups is 1. The van der Waals surface area contributed by atoms with E-state index in [9.17, 15) is 15.4 Å². The first-order valence-corrected chi connectivity index (χ1v) is 8.64. The number of rotatable bonds is 3. The van der Waals surface area contributed by atoms with Crippen LogP contribution in [0.25, 0.3) is 0 Å². The largest absolute Gasteiger partial charge is 0.458 e. The topological polar surface area (TPSA) is 139 Å². The van der Waals surface area contributed by atoms with Crippen molar-refractivity contribution < 1.29 is 9.66 Å². The lowest BCUT2D eigenvalue weighted by molar-refractivity contribution is -0.380. The van der Waals surface area contributed by atoms with E-state index >= 15 is 0 Å². The molecule has 132 valence electrons. The molecule has 0 bridgehead atoms. The molecule has 2 aliphatic rings. The highest BCUT2D eigenvalue weighted by Gasteiger charge is 2.50. The molecule has 0 saturated carbocycles. The lowest BCUT2D eigenvalue weighted by atomic mass is 9.78. The number of hydrogen-bond acceptors (Lipinski definition) is 9. The molecule has 4 rings (SSSR count). The standard InChI is InChI=1S/C16H14N6O3S/c17-7-8-12(10-4-5-11(26-10)22(23)24)13-14(9-3-1-2-6-19-9)20-21-16(13)25-15(8)18/h1-6,12-14,16,20-21H,18H2. The van der Waals surface area contributed by atoms with Crippen LogP contribution in [-0.2, 0) is 4.74 Å². The van der Waals surface area contributed by atoms with Crippen LogP contribution < -0.4 is 16.6 Å². The monoisotopic (exact) mass is 370 g/mol. The Morgan fingerprint density at radius 2 is 2.19 bits per heavy atom. The SMILES string of the molecule is N#CC1=C(N)OC2NNC(c3ccccn3)C2C1c1ccc([N+](=O)[O-])s1. The summed E-state index contributed by atoms with van der Waals surface area (Å²) in [6, 6.07) is 10.6. The van der Waals surface area contributed by atoms with E-state index in [0.29, 0.717) is 4.88 Å². The molecule has 0 aliphatic carbocycles. The maximum Gasteiger partial charge on any atom is 0.324 e. The summed E-state index contributed by atoms with van der Waals surface area (Å²) in [5, 5.41) is 20.7. The second-order valence-electron chi connectivity index (χ2n) is 5.94. The van der Waals surface area contributed by atoms with Crippen LogP contribution in [-0.4, -0.2) is 16.1 Å². The normalized spacial score (nSPS) is 27.5. The first-order chi connectivity index (χ1) is 12.6. The molecule has 2 aromatic rings. The molecule has 9 nitrogen and oxygen atoms in total. The number of thiophene rings is 1. The molecule has 4 N–H and O–H groups in total. The Morgan fingerprint density at radius 1 is 1.35 bits per heavy atom. The predicted octanol–water partition coefficient (Wildman–Crippen LogP) is 1.65. The van der Waals surface area contributed by atoms with E-state index in [1.807, 2.05) is 18.2 Å². The summed E-state index contributed by atoms with van der Waals surface area (Å²) in [7, 11) is 0. The van der Waals surface area contributed by atoms with Gasteiger partial charge in [-0.05, 0) is 18.2 Å². The second kappa shape index (κ2) is 6.38. The molecule has 2 aromatic heterocycles. The summed E-state index contributed by atoms with van der Waals surface area (Å²) in [6.07, 6.45) is 1.21. The third-order valence-corrected chi connectivity index (χ3v) is 5.68. The third kappa shape index (κ3) is 2.59. The fourth-order valence-corrected chi connectivity index (χ4v) is 4.45. The predicted molar refractivity (Wildman–Crippen MR) is 92.2 cm³/mol. The van der Waals surface area contributed by atoms with Crippen molar-refractivity contribution in [1.82, 2.24) is 15.8 Å².